The van der Waals surface area contributed by atoms with E-state index >= 15 is 0 Å². The van der Waals surface area contributed by atoms with Gasteiger partial charge < -0.3 is 0 Å². The monoisotopic (exact) mass is 766 g/mol. The van der Waals surface area contributed by atoms with Crippen molar-refractivity contribution in [3.8, 4) is 11.4 Å². The van der Waals surface area contributed by atoms with Crippen LogP contribution < -0.4 is 9.44 Å². The fourth-order valence-corrected chi connectivity index (χ4v) is 8.99. The molecule has 3 aromatic carbocycles. The smallest absolute Gasteiger partial charge is 0.273 e. The van der Waals surface area contributed by atoms with Crippen molar-refractivity contribution in [1.29, 1.82) is 0 Å². The second-order valence-electron chi connectivity index (χ2n) is 11.3. The Morgan fingerprint density at radius 2 is 1.14 bits per heavy atom. The van der Waals surface area contributed by atoms with E-state index in [1.807, 2.05) is 4.72 Å². The first-order valence-electron chi connectivity index (χ1n) is 15.1. The van der Waals surface area contributed by atoms with Crippen LogP contribution in [0.1, 0.15) is 34.6 Å². The van der Waals surface area contributed by atoms with Crippen LogP contribution in [0, 0.1) is 19.7 Å². The molecule has 3 aromatic heterocycles. The number of aromatic nitrogens is 4. The summed E-state index contributed by atoms with van der Waals surface area (Å²) in [5, 5.41) is 9.11. The number of hydrogen-bond acceptors (Lipinski definition) is 9. The second kappa shape index (κ2) is 14.2. The molecule has 0 saturated carbocycles. The molecule has 12 nitrogen and oxygen atoms in total. The van der Waals surface area contributed by atoms with Gasteiger partial charge in [-0.3, -0.25) is 9.59 Å². The van der Waals surface area contributed by atoms with Gasteiger partial charge in [-0.15, -0.1) is 11.3 Å². The number of rotatable bonds is 11. The number of aryl methyl sites for hydroxylation is 2. The number of thiophene rings is 1. The molecule has 17 heteroatoms. The normalized spacial score (nSPS) is 13.0. The first kappa shape index (κ1) is 35.7. The maximum Gasteiger partial charge on any atom is 0.273 e. The van der Waals surface area contributed by atoms with E-state index in [2.05, 4.69) is 14.9 Å². The van der Waals surface area contributed by atoms with Crippen molar-refractivity contribution in [1.82, 2.24) is 29.0 Å². The molecule has 0 aliphatic rings. The molecule has 0 aliphatic carbocycles. The van der Waals surface area contributed by atoms with E-state index in [-0.39, 0.29) is 19.9 Å². The van der Waals surface area contributed by atoms with E-state index in [1.54, 1.807) is 74.5 Å². The predicted molar refractivity (Wildman–Crippen MR) is 188 cm³/mol. The number of amides is 2. The van der Waals surface area contributed by atoms with Gasteiger partial charge in [0.2, 0.25) is 11.8 Å². The molecule has 2 unspecified atom stereocenters. The summed E-state index contributed by atoms with van der Waals surface area (Å²) >= 11 is 6.73. The minimum atomic E-state index is -4.66. The van der Waals surface area contributed by atoms with Gasteiger partial charge in [-0.1, -0.05) is 48.0 Å². The van der Waals surface area contributed by atoms with Gasteiger partial charge >= 0.3 is 0 Å². The summed E-state index contributed by atoms with van der Waals surface area (Å²) in [5.41, 5.74) is 1.87. The highest BCUT2D eigenvalue weighted by Crippen LogP contribution is 2.38. The van der Waals surface area contributed by atoms with Crippen molar-refractivity contribution in [2.24, 2.45) is 0 Å². The van der Waals surface area contributed by atoms with Crippen molar-refractivity contribution in [3.63, 3.8) is 0 Å². The Balaban J connectivity index is 1.59. The summed E-state index contributed by atoms with van der Waals surface area (Å²) in [5.74, 6) is -6.59. The van der Waals surface area contributed by atoms with Crippen LogP contribution in [0.4, 0.5) is 4.39 Å². The fraction of sp³-hybridized carbons (Fsp3) is 0.118. The number of sulfonamides is 2. The lowest BCUT2D eigenvalue weighted by molar-refractivity contribution is -0.127. The molecule has 0 spiro atoms. The number of nitrogens with zero attached hydrogens (tertiary/aromatic N) is 4. The minimum Gasteiger partial charge on any atom is -0.273 e. The highest BCUT2D eigenvalue weighted by Gasteiger charge is 2.44. The second-order valence-corrected chi connectivity index (χ2v) is 16.6. The Hall–Kier alpha value is -5.16. The molecular weight excluding hydrogens is 739 g/mol. The molecule has 0 radical (unpaired) electrons. The van der Waals surface area contributed by atoms with Crippen LogP contribution in [0.2, 0.25) is 4.34 Å². The van der Waals surface area contributed by atoms with Gasteiger partial charge in [0, 0.05) is 0 Å². The first-order valence-corrected chi connectivity index (χ1v) is 19.3. The van der Waals surface area contributed by atoms with Crippen molar-refractivity contribution in [2.45, 2.75) is 34.8 Å². The molecule has 6 aromatic rings. The van der Waals surface area contributed by atoms with Crippen LogP contribution in [0.25, 0.3) is 11.4 Å². The highest BCUT2D eigenvalue weighted by molar-refractivity contribution is 7.92. The fourth-order valence-electron chi connectivity index (χ4n) is 5.50. The van der Waals surface area contributed by atoms with E-state index in [9.17, 15) is 30.8 Å². The van der Waals surface area contributed by atoms with Gasteiger partial charge in [0.15, 0.2) is 0 Å². The van der Waals surface area contributed by atoms with Gasteiger partial charge in [0.05, 0.1) is 55.2 Å². The third-order valence-corrected chi connectivity index (χ3v) is 12.1. The van der Waals surface area contributed by atoms with Gasteiger partial charge in [-0.25, -0.2) is 40.0 Å². The van der Waals surface area contributed by atoms with Crippen LogP contribution >= 0.6 is 22.9 Å². The third-order valence-electron chi connectivity index (χ3n) is 7.66. The largest absolute Gasteiger partial charge is 0.273 e. The third kappa shape index (κ3) is 7.63. The van der Waals surface area contributed by atoms with E-state index < -0.39 is 54.4 Å². The molecule has 0 fully saturated rings. The Labute approximate surface area is 301 Å². The summed E-state index contributed by atoms with van der Waals surface area (Å²) in [7, 11) is -9.20. The first-order chi connectivity index (χ1) is 24.2. The molecule has 2 N–H and O–H groups in total. The molecule has 262 valence electrons. The zero-order chi connectivity index (χ0) is 36.5. The topological polar surface area (TPSA) is 162 Å². The maximum atomic E-state index is 14.6. The van der Waals surface area contributed by atoms with Gasteiger partial charge in [-0.2, -0.15) is 10.2 Å². The van der Waals surface area contributed by atoms with Crippen LogP contribution in [0.15, 0.2) is 118 Å². The molecule has 2 amide bonds. The van der Waals surface area contributed by atoms with Crippen molar-refractivity contribution < 1.29 is 30.8 Å². The van der Waals surface area contributed by atoms with Crippen molar-refractivity contribution in [2.75, 3.05) is 0 Å². The SMILES string of the molecule is Cc1cc(C(C(=O)NS(=O)(=O)c2ccc(F)cc2)C(C(=O)NS(=O)(=O)c2ccc(Cl)s2)c2cc(C)nn2-c2ccccc2)n(-c2ccccc2)n1. The molecule has 0 aliphatic heterocycles. The lowest BCUT2D eigenvalue weighted by atomic mass is 9.84. The molecular formula is C34H28ClFN6O6S3. The number of carbonyl (C=O) groups is 2. The average Bonchev–Trinajstić information content (AvgIpc) is 3.82. The summed E-state index contributed by atoms with van der Waals surface area (Å²) in [6.07, 6.45) is 0. The Morgan fingerprint density at radius 1 is 0.686 bits per heavy atom. The molecule has 0 bridgehead atoms. The molecule has 3 heterocycles. The lowest BCUT2D eigenvalue weighted by Crippen LogP contribution is -2.44. The molecule has 51 heavy (non-hydrogen) atoms. The number of halogens is 2. The maximum absolute atomic E-state index is 14.6. The van der Waals surface area contributed by atoms with Gasteiger partial charge in [0.25, 0.3) is 20.0 Å². The Bertz CT molecular complexity index is 2450. The quantitative estimate of drug-likeness (QED) is 0.177. The van der Waals surface area contributed by atoms with Crippen LogP contribution in [-0.4, -0.2) is 48.2 Å². The Kier molecular flexibility index (Phi) is 9.94. The lowest BCUT2D eigenvalue weighted by Gasteiger charge is -2.27. The average molecular weight is 767 g/mol. The number of hydrogen-bond donors (Lipinski definition) is 2. The van der Waals surface area contributed by atoms with Gasteiger partial charge in [0.1, 0.15) is 10.0 Å². The zero-order valence-electron chi connectivity index (χ0n) is 26.8. The van der Waals surface area contributed by atoms with Crippen LogP contribution in [-0.2, 0) is 29.6 Å². The van der Waals surface area contributed by atoms with Crippen LogP contribution in [0.3, 0.4) is 0 Å². The van der Waals surface area contributed by atoms with Crippen molar-refractivity contribution >= 4 is 54.8 Å². The number of nitrogens with one attached hydrogen (secondary N) is 2. The van der Waals surface area contributed by atoms with E-state index in [4.69, 9.17) is 11.6 Å². The van der Waals surface area contributed by atoms with Gasteiger partial charge in [-0.05, 0) is 86.6 Å². The predicted octanol–water partition coefficient (Wildman–Crippen LogP) is 5.41. The molecule has 2 atom stereocenters. The molecule has 0 saturated heterocycles. The molecule has 6 rings (SSSR count). The highest BCUT2D eigenvalue weighted by atomic mass is 35.5. The van der Waals surface area contributed by atoms with E-state index in [0.717, 1.165) is 24.3 Å². The van der Waals surface area contributed by atoms with Crippen molar-refractivity contribution in [3.05, 3.63) is 142 Å². The minimum absolute atomic E-state index is 0.0562. The number of benzene rings is 3. The zero-order valence-corrected chi connectivity index (χ0v) is 30.0. The van der Waals surface area contributed by atoms with E-state index in [1.165, 1.54) is 33.6 Å². The van der Waals surface area contributed by atoms with Crippen LogP contribution in [0.5, 0.6) is 0 Å². The summed E-state index contributed by atoms with van der Waals surface area (Å²) in [6.45, 7) is 3.29. The Morgan fingerprint density at radius 3 is 1.57 bits per heavy atom. The van der Waals surface area contributed by atoms with E-state index in [0.29, 0.717) is 34.1 Å². The summed E-state index contributed by atoms with van der Waals surface area (Å²) in [4.78, 5) is 28.8. The summed E-state index contributed by atoms with van der Waals surface area (Å²) < 4.78 is 74.8. The number of para-hydroxylation sites is 2. The number of carbonyl (C=O) groups excluding carboxylic acids is 2. The summed E-state index contributed by atoms with van der Waals surface area (Å²) in [6, 6.07) is 26.6. The standard InChI is InChI=1S/C34H28ClFN6O6S3/c1-21-19-27(41(37-21)24-9-5-3-6-10-24)31(33(43)39-50(45,46)26-15-13-23(36)14-16-26)32(34(44)40-51(47,48)30-18-17-29(35)49-30)28-20-22(2)38-42(28)25-11-7-4-8-12-25/h3-20,31-32H,1-2H3,(H,39,43)(H,40,44).